The SMILES string of the molecule is C=C1C(=O)O[C@@H]2C[C@]3(C)[C@@H](CC[C@@H](C)O)[C@@H]3C[C@H]12. The Morgan fingerprint density at radius 1 is 1.61 bits per heavy atom. The summed E-state index contributed by atoms with van der Waals surface area (Å²) in [7, 11) is 0. The van der Waals surface area contributed by atoms with Crippen molar-refractivity contribution >= 4 is 5.97 Å². The number of ether oxygens (including phenoxy) is 1. The van der Waals surface area contributed by atoms with Crippen LogP contribution in [-0.2, 0) is 9.53 Å². The number of rotatable bonds is 3. The molecule has 1 saturated heterocycles. The van der Waals surface area contributed by atoms with Crippen LogP contribution in [0, 0.1) is 23.2 Å². The number of aliphatic hydroxyl groups is 1. The first kappa shape index (κ1) is 12.2. The summed E-state index contributed by atoms with van der Waals surface area (Å²) >= 11 is 0. The van der Waals surface area contributed by atoms with Crippen LogP contribution >= 0.6 is 0 Å². The van der Waals surface area contributed by atoms with Crippen LogP contribution in [0.3, 0.4) is 0 Å². The van der Waals surface area contributed by atoms with Gasteiger partial charge in [0.25, 0.3) is 0 Å². The lowest BCUT2D eigenvalue weighted by Gasteiger charge is -2.27. The second-order valence-corrected chi connectivity index (χ2v) is 6.66. The van der Waals surface area contributed by atoms with E-state index < -0.39 is 0 Å². The monoisotopic (exact) mass is 250 g/mol. The van der Waals surface area contributed by atoms with Crippen molar-refractivity contribution in [2.45, 2.75) is 51.7 Å². The van der Waals surface area contributed by atoms with Crippen molar-refractivity contribution in [2.24, 2.45) is 23.2 Å². The van der Waals surface area contributed by atoms with E-state index in [1.165, 1.54) is 0 Å². The molecule has 1 N–H and O–H groups in total. The maximum absolute atomic E-state index is 11.5. The van der Waals surface area contributed by atoms with Gasteiger partial charge in [0.2, 0.25) is 0 Å². The molecule has 0 unspecified atom stereocenters. The summed E-state index contributed by atoms with van der Waals surface area (Å²) in [5.41, 5.74) is 1.02. The molecule has 2 aliphatic carbocycles. The quantitative estimate of drug-likeness (QED) is 0.617. The number of esters is 1. The molecule has 3 fully saturated rings. The van der Waals surface area contributed by atoms with Gasteiger partial charge in [-0.3, -0.25) is 0 Å². The highest BCUT2D eigenvalue weighted by molar-refractivity contribution is 5.90. The smallest absolute Gasteiger partial charge is 0.334 e. The van der Waals surface area contributed by atoms with Crippen LogP contribution in [0.25, 0.3) is 0 Å². The molecule has 0 aromatic rings. The fourth-order valence-electron chi connectivity index (χ4n) is 4.31. The van der Waals surface area contributed by atoms with Crippen LogP contribution < -0.4 is 0 Å². The molecule has 3 aliphatic rings. The van der Waals surface area contributed by atoms with Crippen molar-refractivity contribution in [3.8, 4) is 0 Å². The Labute approximate surface area is 108 Å². The average molecular weight is 250 g/mol. The summed E-state index contributed by atoms with van der Waals surface area (Å²) in [5.74, 6) is 1.47. The Bertz CT molecular complexity index is 401. The summed E-state index contributed by atoms with van der Waals surface area (Å²) in [6.07, 6.45) is 3.88. The van der Waals surface area contributed by atoms with Gasteiger partial charge in [-0.25, -0.2) is 4.79 Å². The van der Waals surface area contributed by atoms with Crippen LogP contribution in [0.15, 0.2) is 12.2 Å². The van der Waals surface area contributed by atoms with E-state index >= 15 is 0 Å². The molecule has 3 heteroatoms. The molecular formula is C15H22O3. The molecule has 0 radical (unpaired) electrons. The zero-order valence-corrected chi connectivity index (χ0v) is 11.2. The van der Waals surface area contributed by atoms with Gasteiger partial charge in [0.1, 0.15) is 6.10 Å². The maximum Gasteiger partial charge on any atom is 0.334 e. The maximum atomic E-state index is 11.5. The van der Waals surface area contributed by atoms with Gasteiger partial charge in [0.05, 0.1) is 6.10 Å². The summed E-state index contributed by atoms with van der Waals surface area (Å²) in [4.78, 5) is 11.5. The predicted molar refractivity (Wildman–Crippen MR) is 67.7 cm³/mol. The molecular weight excluding hydrogens is 228 g/mol. The highest BCUT2D eigenvalue weighted by Gasteiger charge is 2.66. The van der Waals surface area contributed by atoms with E-state index in [4.69, 9.17) is 4.74 Å². The second kappa shape index (κ2) is 3.83. The van der Waals surface area contributed by atoms with E-state index in [-0.39, 0.29) is 24.1 Å². The van der Waals surface area contributed by atoms with Crippen molar-refractivity contribution in [2.75, 3.05) is 0 Å². The minimum Gasteiger partial charge on any atom is -0.458 e. The third-order valence-corrected chi connectivity index (χ3v) is 5.53. The van der Waals surface area contributed by atoms with Gasteiger partial charge in [0, 0.05) is 11.5 Å². The van der Waals surface area contributed by atoms with Gasteiger partial charge in [-0.05, 0) is 49.9 Å². The van der Waals surface area contributed by atoms with Gasteiger partial charge in [-0.1, -0.05) is 13.5 Å². The van der Waals surface area contributed by atoms with Gasteiger partial charge in [-0.15, -0.1) is 0 Å². The van der Waals surface area contributed by atoms with Gasteiger partial charge < -0.3 is 9.84 Å². The number of hydrogen-bond donors (Lipinski definition) is 1. The summed E-state index contributed by atoms with van der Waals surface area (Å²) < 4.78 is 5.43. The van der Waals surface area contributed by atoms with Crippen LogP contribution in [0.1, 0.15) is 39.5 Å². The fraction of sp³-hybridized carbons (Fsp3) is 0.800. The number of fused-ring (bicyclic) bond motifs is 2. The van der Waals surface area contributed by atoms with Gasteiger partial charge >= 0.3 is 5.97 Å². The number of aliphatic hydroxyl groups excluding tert-OH is 1. The molecule has 0 spiro atoms. The van der Waals surface area contributed by atoms with E-state index in [1.807, 2.05) is 6.92 Å². The highest BCUT2D eigenvalue weighted by Crippen LogP contribution is 2.70. The molecule has 3 rings (SSSR count). The predicted octanol–water partition coefficient (Wildman–Crippen LogP) is 2.29. The minimum atomic E-state index is -0.205. The van der Waals surface area contributed by atoms with E-state index in [1.54, 1.807) is 0 Å². The van der Waals surface area contributed by atoms with Crippen molar-refractivity contribution in [3.63, 3.8) is 0 Å². The molecule has 2 saturated carbocycles. The Balaban J connectivity index is 1.67. The van der Waals surface area contributed by atoms with E-state index in [0.29, 0.717) is 22.8 Å². The van der Waals surface area contributed by atoms with Crippen LogP contribution in [0.2, 0.25) is 0 Å². The molecule has 0 aromatic carbocycles. The zero-order chi connectivity index (χ0) is 13.1. The molecule has 100 valence electrons. The van der Waals surface area contributed by atoms with Crippen molar-refractivity contribution in [1.29, 1.82) is 0 Å². The van der Waals surface area contributed by atoms with E-state index in [9.17, 15) is 9.90 Å². The number of hydrogen-bond acceptors (Lipinski definition) is 3. The summed E-state index contributed by atoms with van der Waals surface area (Å²) in [6.45, 7) is 8.05. The van der Waals surface area contributed by atoms with Crippen LogP contribution in [-0.4, -0.2) is 23.3 Å². The largest absolute Gasteiger partial charge is 0.458 e. The van der Waals surface area contributed by atoms with Crippen LogP contribution in [0.5, 0.6) is 0 Å². The van der Waals surface area contributed by atoms with Gasteiger partial charge in [0.15, 0.2) is 0 Å². The van der Waals surface area contributed by atoms with Gasteiger partial charge in [-0.2, -0.15) is 0 Å². The lowest BCUT2D eigenvalue weighted by Crippen LogP contribution is -2.26. The first-order chi connectivity index (χ1) is 8.43. The summed E-state index contributed by atoms with van der Waals surface area (Å²) in [6, 6.07) is 0. The Hall–Kier alpha value is -0.830. The Kier molecular flexibility index (Phi) is 2.60. The first-order valence-electron chi connectivity index (χ1n) is 7.01. The molecule has 0 bridgehead atoms. The summed E-state index contributed by atoms with van der Waals surface area (Å²) in [5, 5.41) is 9.40. The molecule has 1 aliphatic heterocycles. The molecule has 0 aromatic heterocycles. The second-order valence-electron chi connectivity index (χ2n) is 6.66. The van der Waals surface area contributed by atoms with Crippen molar-refractivity contribution in [3.05, 3.63) is 12.2 Å². The molecule has 1 heterocycles. The Morgan fingerprint density at radius 3 is 3.00 bits per heavy atom. The lowest BCUT2D eigenvalue weighted by atomic mass is 9.79. The fourth-order valence-corrected chi connectivity index (χ4v) is 4.31. The average Bonchev–Trinajstić information content (AvgIpc) is 2.77. The molecule has 18 heavy (non-hydrogen) atoms. The van der Waals surface area contributed by atoms with Crippen molar-refractivity contribution in [1.82, 2.24) is 0 Å². The third-order valence-electron chi connectivity index (χ3n) is 5.53. The minimum absolute atomic E-state index is 0.0720. The number of carbonyl (C=O) groups is 1. The van der Waals surface area contributed by atoms with E-state index in [2.05, 4.69) is 13.5 Å². The molecule has 6 atom stereocenters. The normalized spacial score (nSPS) is 47.3. The van der Waals surface area contributed by atoms with E-state index in [0.717, 1.165) is 25.7 Å². The Morgan fingerprint density at radius 2 is 2.33 bits per heavy atom. The number of carbonyl (C=O) groups excluding carboxylic acids is 1. The zero-order valence-electron chi connectivity index (χ0n) is 11.2. The topological polar surface area (TPSA) is 46.5 Å². The molecule has 0 amide bonds. The first-order valence-corrected chi connectivity index (χ1v) is 7.01. The van der Waals surface area contributed by atoms with Crippen molar-refractivity contribution < 1.29 is 14.6 Å². The highest BCUT2D eigenvalue weighted by atomic mass is 16.6. The third kappa shape index (κ3) is 1.63. The molecule has 3 nitrogen and oxygen atoms in total. The lowest BCUT2D eigenvalue weighted by molar-refractivity contribution is -0.140. The van der Waals surface area contributed by atoms with Crippen LogP contribution in [0.4, 0.5) is 0 Å². The standard InChI is InChI=1S/C15H22O3/c1-8(16)4-5-11-12-6-10-9(2)14(17)18-13(10)7-15(11,12)3/h8,10-13,16H,2,4-7H2,1,3H3/t8-,10-,11+,12+,13-,15-/m1/s1.